The van der Waals surface area contributed by atoms with Gasteiger partial charge in [-0.25, -0.2) is 4.39 Å². The van der Waals surface area contributed by atoms with Gasteiger partial charge in [-0.2, -0.15) is 0 Å². The molecule has 0 radical (unpaired) electrons. The summed E-state index contributed by atoms with van der Waals surface area (Å²) in [5.74, 6) is 0.331. The van der Waals surface area contributed by atoms with Gasteiger partial charge in [-0.1, -0.05) is 47.6 Å². The number of amides is 1. The van der Waals surface area contributed by atoms with E-state index in [2.05, 4.69) is 15.5 Å². The smallest absolute Gasteiger partial charge is 0.254 e. The van der Waals surface area contributed by atoms with Crippen molar-refractivity contribution < 1.29 is 9.18 Å². The van der Waals surface area contributed by atoms with E-state index in [0.29, 0.717) is 17.4 Å². The van der Waals surface area contributed by atoms with Crippen molar-refractivity contribution in [2.75, 3.05) is 0 Å². The lowest BCUT2D eigenvalue weighted by Gasteiger charge is -2.09. The van der Waals surface area contributed by atoms with Gasteiger partial charge in [-0.05, 0) is 36.8 Å². The third-order valence-electron chi connectivity index (χ3n) is 3.92. The normalized spacial score (nSPS) is 10.8. The zero-order chi connectivity index (χ0) is 19.2. The van der Waals surface area contributed by atoms with Crippen LogP contribution in [0.25, 0.3) is 0 Å². The average molecular weight is 405 g/mol. The maximum absolute atomic E-state index is 13.7. The Bertz CT molecular complexity index is 930. The molecule has 0 atom stereocenters. The van der Waals surface area contributed by atoms with Crippen LogP contribution in [0.3, 0.4) is 0 Å². The van der Waals surface area contributed by atoms with E-state index in [1.807, 2.05) is 35.8 Å². The van der Waals surface area contributed by atoms with Crippen molar-refractivity contribution in [1.29, 1.82) is 0 Å². The molecule has 0 fully saturated rings. The van der Waals surface area contributed by atoms with E-state index in [-0.39, 0.29) is 12.1 Å². The molecule has 0 saturated heterocycles. The van der Waals surface area contributed by atoms with Crippen LogP contribution >= 0.6 is 23.4 Å². The summed E-state index contributed by atoms with van der Waals surface area (Å²) in [5.41, 5.74) is 1.14. The van der Waals surface area contributed by atoms with E-state index >= 15 is 0 Å². The van der Waals surface area contributed by atoms with Gasteiger partial charge < -0.3 is 9.88 Å². The molecular weight excluding hydrogens is 387 g/mol. The quantitative estimate of drug-likeness (QED) is 0.596. The van der Waals surface area contributed by atoms with Gasteiger partial charge in [0.05, 0.1) is 12.1 Å². The minimum Gasteiger partial charge on any atom is -0.345 e. The largest absolute Gasteiger partial charge is 0.345 e. The second kappa shape index (κ2) is 9.01. The molecule has 0 bridgehead atoms. The molecule has 0 spiro atoms. The SMILES string of the molecule is CCn1c(CNC(=O)c2ccccc2F)nnc1SCc1ccc(Cl)cc1. The minimum atomic E-state index is -0.550. The monoisotopic (exact) mass is 404 g/mol. The standard InChI is InChI=1S/C19H18ClFN4OS/c1-2-25-17(11-22-18(26)15-5-3-4-6-16(15)21)23-24-19(25)27-12-13-7-9-14(20)10-8-13/h3-10H,2,11-12H2,1H3,(H,22,26). The Kier molecular flexibility index (Phi) is 6.47. The highest BCUT2D eigenvalue weighted by molar-refractivity contribution is 7.98. The van der Waals surface area contributed by atoms with Crippen LogP contribution in [-0.2, 0) is 18.8 Å². The van der Waals surface area contributed by atoms with Crippen molar-refractivity contribution in [3.63, 3.8) is 0 Å². The molecule has 1 heterocycles. The number of hydrogen-bond acceptors (Lipinski definition) is 4. The molecule has 0 saturated carbocycles. The van der Waals surface area contributed by atoms with Crippen LogP contribution < -0.4 is 5.32 Å². The molecule has 0 unspecified atom stereocenters. The molecule has 3 rings (SSSR count). The van der Waals surface area contributed by atoms with E-state index in [1.54, 1.807) is 23.9 Å². The Labute approximate surface area is 166 Å². The topological polar surface area (TPSA) is 59.8 Å². The van der Waals surface area contributed by atoms with Gasteiger partial charge >= 0.3 is 0 Å². The van der Waals surface area contributed by atoms with E-state index in [9.17, 15) is 9.18 Å². The number of aromatic nitrogens is 3. The van der Waals surface area contributed by atoms with E-state index in [4.69, 9.17) is 11.6 Å². The van der Waals surface area contributed by atoms with Crippen LogP contribution in [0, 0.1) is 5.82 Å². The molecule has 1 aromatic heterocycles. The fourth-order valence-electron chi connectivity index (χ4n) is 2.50. The van der Waals surface area contributed by atoms with Crippen LogP contribution in [0.2, 0.25) is 5.02 Å². The van der Waals surface area contributed by atoms with Gasteiger partial charge in [0, 0.05) is 17.3 Å². The van der Waals surface area contributed by atoms with E-state index in [1.165, 1.54) is 12.1 Å². The highest BCUT2D eigenvalue weighted by atomic mass is 35.5. The number of carbonyl (C=O) groups is 1. The van der Waals surface area contributed by atoms with Gasteiger partial charge in [0.2, 0.25) is 0 Å². The summed E-state index contributed by atoms with van der Waals surface area (Å²) in [6.45, 7) is 2.83. The van der Waals surface area contributed by atoms with Crippen molar-refractivity contribution in [2.45, 2.75) is 30.9 Å². The zero-order valence-corrected chi connectivity index (χ0v) is 16.2. The third-order valence-corrected chi connectivity index (χ3v) is 5.21. The Balaban J connectivity index is 1.64. The molecule has 2 aromatic carbocycles. The van der Waals surface area contributed by atoms with Crippen molar-refractivity contribution in [3.05, 3.63) is 76.3 Å². The van der Waals surface area contributed by atoms with Crippen molar-refractivity contribution in [3.8, 4) is 0 Å². The van der Waals surface area contributed by atoms with Crippen LogP contribution in [0.4, 0.5) is 4.39 Å². The molecule has 3 aromatic rings. The molecule has 1 N–H and O–H groups in total. The van der Waals surface area contributed by atoms with Crippen molar-refractivity contribution >= 4 is 29.3 Å². The van der Waals surface area contributed by atoms with Gasteiger partial charge in [0.25, 0.3) is 5.91 Å². The Morgan fingerprint density at radius 3 is 2.63 bits per heavy atom. The highest BCUT2D eigenvalue weighted by Crippen LogP contribution is 2.23. The van der Waals surface area contributed by atoms with Crippen LogP contribution in [0.1, 0.15) is 28.7 Å². The number of hydrogen-bond donors (Lipinski definition) is 1. The second-order valence-electron chi connectivity index (χ2n) is 5.72. The molecule has 140 valence electrons. The van der Waals surface area contributed by atoms with Crippen molar-refractivity contribution in [1.82, 2.24) is 20.1 Å². The minimum absolute atomic E-state index is 0.0115. The predicted octanol–water partition coefficient (Wildman–Crippen LogP) is 4.31. The predicted molar refractivity (Wildman–Crippen MR) is 104 cm³/mol. The first kappa shape index (κ1) is 19.4. The first-order valence-corrected chi connectivity index (χ1v) is 9.77. The number of rotatable bonds is 7. The number of thioether (sulfide) groups is 1. The molecular formula is C19H18ClFN4OS. The lowest BCUT2D eigenvalue weighted by Crippen LogP contribution is -2.25. The lowest BCUT2D eigenvalue weighted by atomic mass is 10.2. The number of nitrogens with zero attached hydrogens (tertiary/aromatic N) is 3. The molecule has 8 heteroatoms. The van der Waals surface area contributed by atoms with Crippen LogP contribution in [-0.4, -0.2) is 20.7 Å². The molecule has 5 nitrogen and oxygen atoms in total. The van der Waals surface area contributed by atoms with E-state index < -0.39 is 11.7 Å². The van der Waals surface area contributed by atoms with E-state index in [0.717, 1.165) is 16.5 Å². The lowest BCUT2D eigenvalue weighted by molar-refractivity contribution is 0.0945. The van der Waals surface area contributed by atoms with Gasteiger partial charge in [-0.3, -0.25) is 4.79 Å². The third kappa shape index (κ3) is 4.87. The summed E-state index contributed by atoms with van der Waals surface area (Å²) in [6, 6.07) is 13.5. The molecule has 27 heavy (non-hydrogen) atoms. The van der Waals surface area contributed by atoms with Crippen molar-refractivity contribution in [2.24, 2.45) is 0 Å². The van der Waals surface area contributed by atoms with Crippen LogP contribution in [0.5, 0.6) is 0 Å². The number of nitrogens with one attached hydrogen (secondary N) is 1. The summed E-state index contributed by atoms with van der Waals surface area (Å²) in [7, 11) is 0. The van der Waals surface area contributed by atoms with Crippen LogP contribution in [0.15, 0.2) is 53.7 Å². The first-order chi connectivity index (χ1) is 13.1. The maximum atomic E-state index is 13.7. The Hall–Kier alpha value is -2.38. The summed E-state index contributed by atoms with van der Waals surface area (Å²) in [5, 5.41) is 12.5. The van der Waals surface area contributed by atoms with Gasteiger partial charge in [0.1, 0.15) is 5.82 Å². The summed E-state index contributed by atoms with van der Waals surface area (Å²) < 4.78 is 15.6. The summed E-state index contributed by atoms with van der Waals surface area (Å²) in [4.78, 5) is 12.2. The van der Waals surface area contributed by atoms with Gasteiger partial charge in [-0.15, -0.1) is 10.2 Å². The first-order valence-electron chi connectivity index (χ1n) is 8.40. The fraction of sp³-hybridized carbons (Fsp3) is 0.211. The Morgan fingerprint density at radius 1 is 1.19 bits per heavy atom. The molecule has 0 aliphatic rings. The molecule has 0 aliphatic heterocycles. The maximum Gasteiger partial charge on any atom is 0.254 e. The fourth-order valence-corrected chi connectivity index (χ4v) is 3.61. The summed E-state index contributed by atoms with van der Waals surface area (Å²) in [6.07, 6.45) is 0. The molecule has 1 amide bonds. The number of halogens is 2. The second-order valence-corrected chi connectivity index (χ2v) is 7.10. The van der Waals surface area contributed by atoms with Gasteiger partial charge in [0.15, 0.2) is 11.0 Å². The zero-order valence-electron chi connectivity index (χ0n) is 14.7. The number of carbonyl (C=O) groups excluding carboxylic acids is 1. The average Bonchev–Trinajstić information content (AvgIpc) is 3.08. The summed E-state index contributed by atoms with van der Waals surface area (Å²) >= 11 is 7.46. The Morgan fingerprint density at radius 2 is 1.93 bits per heavy atom. The highest BCUT2D eigenvalue weighted by Gasteiger charge is 2.15. The number of benzene rings is 2. The molecule has 0 aliphatic carbocycles.